The lowest BCUT2D eigenvalue weighted by Crippen LogP contribution is -2.38. The van der Waals surface area contributed by atoms with Gasteiger partial charge in [0.2, 0.25) is 0 Å². The number of carbonyl (C=O) groups is 1. The molecule has 0 N–H and O–H groups in total. The van der Waals surface area contributed by atoms with Crippen LogP contribution in [0.5, 0.6) is 0 Å². The van der Waals surface area contributed by atoms with Gasteiger partial charge >= 0.3 is 0 Å². The molecule has 0 spiro atoms. The van der Waals surface area contributed by atoms with E-state index in [4.69, 9.17) is 9.26 Å². The number of para-hydroxylation sites is 1. The van der Waals surface area contributed by atoms with Crippen molar-refractivity contribution in [2.24, 2.45) is 0 Å². The van der Waals surface area contributed by atoms with Gasteiger partial charge in [-0.05, 0) is 32.9 Å². The third kappa shape index (κ3) is 3.82. The zero-order valence-corrected chi connectivity index (χ0v) is 15.2. The Kier molecular flexibility index (Phi) is 4.69. The molecule has 2 heterocycles. The quantitative estimate of drug-likeness (QED) is 0.836. The van der Waals surface area contributed by atoms with Crippen molar-refractivity contribution in [3.05, 3.63) is 41.8 Å². The van der Waals surface area contributed by atoms with Gasteiger partial charge in [-0.2, -0.15) is 0 Å². The topological polar surface area (TPSA) is 55.6 Å². The first kappa shape index (κ1) is 17.0. The standard InChI is InChI=1S/C18H22N2O3S/c1-12-10-20(15-7-5-6-8-16(15)24-12)17(21)14-9-13(23-19-14)11-22-18(2,3)4/h5-9,12H,10-11H2,1-4H3/t12-/m0/s1. The van der Waals surface area contributed by atoms with Crippen LogP contribution in [0.2, 0.25) is 0 Å². The minimum Gasteiger partial charge on any atom is -0.368 e. The first-order chi connectivity index (χ1) is 11.3. The molecule has 128 valence electrons. The number of carbonyl (C=O) groups excluding carboxylic acids is 1. The maximum Gasteiger partial charge on any atom is 0.280 e. The van der Waals surface area contributed by atoms with Gasteiger partial charge in [0.15, 0.2) is 11.5 Å². The second-order valence-corrected chi connectivity index (χ2v) is 8.37. The van der Waals surface area contributed by atoms with Gasteiger partial charge in [-0.15, -0.1) is 11.8 Å². The number of thioether (sulfide) groups is 1. The Morgan fingerprint density at radius 3 is 2.92 bits per heavy atom. The van der Waals surface area contributed by atoms with Crippen LogP contribution in [-0.2, 0) is 11.3 Å². The third-order valence-electron chi connectivity index (χ3n) is 3.59. The molecule has 1 amide bonds. The zero-order chi connectivity index (χ0) is 17.3. The van der Waals surface area contributed by atoms with Crippen LogP contribution in [0.25, 0.3) is 0 Å². The van der Waals surface area contributed by atoms with Crippen LogP contribution in [0.1, 0.15) is 43.9 Å². The van der Waals surface area contributed by atoms with Gasteiger partial charge in [-0.3, -0.25) is 4.79 Å². The van der Waals surface area contributed by atoms with Gasteiger partial charge in [-0.1, -0.05) is 24.2 Å². The van der Waals surface area contributed by atoms with Crippen LogP contribution >= 0.6 is 11.8 Å². The van der Waals surface area contributed by atoms with Crippen molar-refractivity contribution >= 4 is 23.4 Å². The molecular formula is C18H22N2O3S. The average Bonchev–Trinajstić information content (AvgIpc) is 3.00. The van der Waals surface area contributed by atoms with Gasteiger partial charge in [0, 0.05) is 22.8 Å². The molecule has 1 aromatic heterocycles. The number of aromatic nitrogens is 1. The predicted molar refractivity (Wildman–Crippen MR) is 94.5 cm³/mol. The van der Waals surface area contributed by atoms with Crippen molar-refractivity contribution in [1.82, 2.24) is 5.16 Å². The minimum atomic E-state index is -0.268. The molecule has 1 atom stereocenters. The highest BCUT2D eigenvalue weighted by atomic mass is 32.2. The lowest BCUT2D eigenvalue weighted by atomic mass is 10.2. The van der Waals surface area contributed by atoms with E-state index in [1.165, 1.54) is 0 Å². The number of fused-ring (bicyclic) bond motifs is 1. The number of anilines is 1. The molecule has 0 saturated carbocycles. The van der Waals surface area contributed by atoms with Gasteiger partial charge < -0.3 is 14.2 Å². The molecule has 0 fully saturated rings. The normalized spacial score (nSPS) is 17.7. The molecule has 0 saturated heterocycles. The largest absolute Gasteiger partial charge is 0.368 e. The van der Waals surface area contributed by atoms with E-state index in [1.54, 1.807) is 22.7 Å². The summed E-state index contributed by atoms with van der Waals surface area (Å²) in [5.74, 6) is 0.418. The van der Waals surface area contributed by atoms with Gasteiger partial charge in [-0.25, -0.2) is 0 Å². The van der Waals surface area contributed by atoms with E-state index in [2.05, 4.69) is 12.1 Å². The van der Waals surface area contributed by atoms with Crippen LogP contribution in [0.15, 0.2) is 39.8 Å². The highest BCUT2D eigenvalue weighted by Gasteiger charge is 2.29. The fourth-order valence-corrected chi connectivity index (χ4v) is 3.60. The summed E-state index contributed by atoms with van der Waals surface area (Å²) >= 11 is 1.79. The first-order valence-corrected chi connectivity index (χ1v) is 8.88. The summed E-state index contributed by atoms with van der Waals surface area (Å²) in [6.45, 7) is 8.98. The summed E-state index contributed by atoms with van der Waals surface area (Å²) in [6, 6.07) is 9.62. The van der Waals surface area contributed by atoms with E-state index in [-0.39, 0.29) is 11.5 Å². The van der Waals surface area contributed by atoms with E-state index in [0.29, 0.717) is 29.9 Å². The number of nitrogens with zero attached hydrogens (tertiary/aromatic N) is 2. The number of amides is 1. The first-order valence-electron chi connectivity index (χ1n) is 8.00. The highest BCUT2D eigenvalue weighted by Crippen LogP contribution is 2.38. The van der Waals surface area contributed by atoms with E-state index >= 15 is 0 Å². The number of hydrogen-bond acceptors (Lipinski definition) is 5. The van der Waals surface area contributed by atoms with Crippen molar-refractivity contribution in [2.45, 2.75) is 50.0 Å². The minimum absolute atomic E-state index is 0.139. The smallest absolute Gasteiger partial charge is 0.280 e. The fraction of sp³-hybridized carbons (Fsp3) is 0.444. The maximum atomic E-state index is 12.9. The Morgan fingerprint density at radius 1 is 1.42 bits per heavy atom. The molecule has 3 rings (SSSR count). The number of hydrogen-bond donors (Lipinski definition) is 0. The number of benzene rings is 1. The van der Waals surface area contributed by atoms with Crippen LogP contribution < -0.4 is 4.90 Å². The van der Waals surface area contributed by atoms with Crippen LogP contribution in [0.3, 0.4) is 0 Å². The predicted octanol–water partition coefficient (Wildman–Crippen LogP) is 4.13. The lowest BCUT2D eigenvalue weighted by Gasteiger charge is -2.32. The molecular weight excluding hydrogens is 324 g/mol. The molecule has 5 nitrogen and oxygen atoms in total. The third-order valence-corrected chi connectivity index (χ3v) is 4.75. The fourth-order valence-electron chi connectivity index (χ4n) is 2.49. The Balaban J connectivity index is 1.79. The maximum absolute atomic E-state index is 12.9. The number of rotatable bonds is 3. The van der Waals surface area contributed by atoms with Crippen molar-refractivity contribution in [1.29, 1.82) is 0 Å². The van der Waals surface area contributed by atoms with Crippen LogP contribution in [-0.4, -0.2) is 28.5 Å². The Bertz CT molecular complexity index is 736. The second kappa shape index (κ2) is 6.61. The summed E-state index contributed by atoms with van der Waals surface area (Å²) in [6.07, 6.45) is 0. The molecule has 6 heteroatoms. The Hall–Kier alpha value is -1.79. The molecule has 0 aliphatic carbocycles. The summed E-state index contributed by atoms with van der Waals surface area (Å²) in [5.41, 5.74) is 0.979. The van der Waals surface area contributed by atoms with E-state index in [1.807, 2.05) is 45.0 Å². The summed E-state index contributed by atoms with van der Waals surface area (Å²) in [4.78, 5) is 15.8. The van der Waals surface area contributed by atoms with E-state index < -0.39 is 0 Å². The second-order valence-electron chi connectivity index (χ2n) is 6.89. The molecule has 1 aliphatic rings. The van der Waals surface area contributed by atoms with Gasteiger partial charge in [0.05, 0.1) is 11.3 Å². The summed E-state index contributed by atoms with van der Waals surface area (Å²) in [5, 5.41) is 4.27. The molecule has 0 unspecified atom stereocenters. The molecule has 0 bridgehead atoms. The van der Waals surface area contributed by atoms with Crippen molar-refractivity contribution in [3.63, 3.8) is 0 Å². The molecule has 1 aromatic carbocycles. The van der Waals surface area contributed by atoms with E-state index in [0.717, 1.165) is 10.6 Å². The zero-order valence-electron chi connectivity index (χ0n) is 14.4. The van der Waals surface area contributed by atoms with Crippen LogP contribution in [0, 0.1) is 0 Å². The molecule has 1 aliphatic heterocycles. The van der Waals surface area contributed by atoms with E-state index in [9.17, 15) is 4.79 Å². The monoisotopic (exact) mass is 346 g/mol. The lowest BCUT2D eigenvalue weighted by molar-refractivity contribution is -0.0241. The van der Waals surface area contributed by atoms with Gasteiger partial charge in [0.1, 0.15) is 6.61 Å². The molecule has 0 radical (unpaired) electrons. The molecule has 24 heavy (non-hydrogen) atoms. The highest BCUT2D eigenvalue weighted by molar-refractivity contribution is 8.00. The van der Waals surface area contributed by atoms with Crippen molar-refractivity contribution < 1.29 is 14.1 Å². The Morgan fingerprint density at radius 2 is 2.17 bits per heavy atom. The SMILES string of the molecule is C[C@H]1CN(C(=O)c2cc(COC(C)(C)C)on2)c2ccccc2S1. The van der Waals surface area contributed by atoms with Gasteiger partial charge in [0.25, 0.3) is 5.91 Å². The Labute approximate surface area is 146 Å². The van der Waals surface area contributed by atoms with Crippen molar-refractivity contribution in [2.75, 3.05) is 11.4 Å². The average molecular weight is 346 g/mol. The van der Waals surface area contributed by atoms with Crippen molar-refractivity contribution in [3.8, 4) is 0 Å². The number of ether oxygens (including phenoxy) is 1. The molecule has 2 aromatic rings. The summed E-state index contributed by atoms with van der Waals surface area (Å²) < 4.78 is 10.9. The summed E-state index contributed by atoms with van der Waals surface area (Å²) in [7, 11) is 0. The van der Waals surface area contributed by atoms with Crippen LogP contribution in [0.4, 0.5) is 5.69 Å².